The number of benzene rings is 1. The van der Waals surface area contributed by atoms with Crippen LogP contribution in [0, 0.1) is 0 Å². The van der Waals surface area contributed by atoms with Gasteiger partial charge in [-0.3, -0.25) is 0 Å². The molecule has 0 radical (unpaired) electrons. The van der Waals surface area contributed by atoms with Crippen molar-refractivity contribution < 1.29 is 4.74 Å². The fourth-order valence-electron chi connectivity index (χ4n) is 3.01. The van der Waals surface area contributed by atoms with Gasteiger partial charge in [0.05, 0.1) is 0 Å². The van der Waals surface area contributed by atoms with Crippen molar-refractivity contribution in [1.82, 2.24) is 4.98 Å². The first-order chi connectivity index (χ1) is 10.2. The van der Waals surface area contributed by atoms with E-state index >= 15 is 0 Å². The number of nitrogens with one attached hydrogen (secondary N) is 1. The molecular formula is C18H24N2O. The van der Waals surface area contributed by atoms with Gasteiger partial charge in [-0.15, -0.1) is 0 Å². The van der Waals surface area contributed by atoms with E-state index in [0.717, 1.165) is 29.8 Å². The molecule has 0 amide bonds. The molecule has 1 N–H and O–H groups in total. The Labute approximate surface area is 126 Å². The molecule has 3 rings (SSSR count). The van der Waals surface area contributed by atoms with Crippen molar-refractivity contribution in [1.29, 1.82) is 0 Å². The molecule has 3 nitrogen and oxygen atoms in total. The van der Waals surface area contributed by atoms with Crippen molar-refractivity contribution in [3.05, 3.63) is 30.5 Å². The zero-order chi connectivity index (χ0) is 14.7. The number of hydrogen-bond donors (Lipinski definition) is 1. The van der Waals surface area contributed by atoms with E-state index in [0.29, 0.717) is 12.1 Å². The van der Waals surface area contributed by atoms with Gasteiger partial charge in [0.15, 0.2) is 0 Å². The molecule has 0 saturated heterocycles. The van der Waals surface area contributed by atoms with Gasteiger partial charge >= 0.3 is 0 Å². The molecule has 1 fully saturated rings. The third-order valence-corrected chi connectivity index (χ3v) is 4.01. The molecule has 1 saturated carbocycles. The van der Waals surface area contributed by atoms with Gasteiger partial charge in [0, 0.05) is 23.3 Å². The minimum absolute atomic E-state index is 0.338. The summed E-state index contributed by atoms with van der Waals surface area (Å²) in [7, 11) is 0. The molecule has 112 valence electrons. The Morgan fingerprint density at radius 3 is 2.71 bits per heavy atom. The van der Waals surface area contributed by atoms with E-state index in [-0.39, 0.29) is 0 Å². The van der Waals surface area contributed by atoms with E-state index in [4.69, 9.17) is 4.74 Å². The SMILES string of the molecule is CC(C)Nc1ccc2c(OC3CCCCC3)nccc2c1. The zero-order valence-electron chi connectivity index (χ0n) is 12.9. The first-order valence-corrected chi connectivity index (χ1v) is 8.04. The van der Waals surface area contributed by atoms with Crippen LogP contribution in [0.15, 0.2) is 30.5 Å². The summed E-state index contributed by atoms with van der Waals surface area (Å²) in [5, 5.41) is 5.73. The average molecular weight is 284 g/mol. The summed E-state index contributed by atoms with van der Waals surface area (Å²) < 4.78 is 6.16. The molecule has 0 bridgehead atoms. The molecule has 21 heavy (non-hydrogen) atoms. The second kappa shape index (κ2) is 6.33. The number of anilines is 1. The van der Waals surface area contributed by atoms with Gasteiger partial charge in [0.2, 0.25) is 5.88 Å². The van der Waals surface area contributed by atoms with Crippen LogP contribution in [0.2, 0.25) is 0 Å². The maximum atomic E-state index is 6.16. The Morgan fingerprint density at radius 2 is 1.95 bits per heavy atom. The summed E-state index contributed by atoms with van der Waals surface area (Å²) in [5.74, 6) is 0.787. The number of ether oxygens (including phenoxy) is 1. The van der Waals surface area contributed by atoms with Gasteiger partial charge in [-0.2, -0.15) is 0 Å². The molecule has 1 aromatic carbocycles. The Morgan fingerprint density at radius 1 is 1.14 bits per heavy atom. The molecule has 0 atom stereocenters. The summed E-state index contributed by atoms with van der Waals surface area (Å²) >= 11 is 0. The van der Waals surface area contributed by atoms with Gasteiger partial charge in [-0.05, 0) is 69.2 Å². The standard InChI is InChI=1S/C18H24N2O/c1-13(2)20-15-8-9-17-14(12-15)10-11-19-18(17)21-16-6-4-3-5-7-16/h8-13,16,20H,3-7H2,1-2H3. The van der Waals surface area contributed by atoms with Crippen molar-refractivity contribution in [2.75, 3.05) is 5.32 Å². The number of pyridine rings is 1. The highest BCUT2D eigenvalue weighted by atomic mass is 16.5. The van der Waals surface area contributed by atoms with Crippen molar-refractivity contribution in [3.63, 3.8) is 0 Å². The number of nitrogens with zero attached hydrogens (tertiary/aromatic N) is 1. The van der Waals surface area contributed by atoms with Crippen LogP contribution < -0.4 is 10.1 Å². The predicted octanol–water partition coefficient (Wildman–Crippen LogP) is 4.77. The molecule has 1 aromatic heterocycles. The van der Waals surface area contributed by atoms with Crippen LogP contribution in [0.25, 0.3) is 10.8 Å². The highest BCUT2D eigenvalue weighted by Crippen LogP contribution is 2.29. The predicted molar refractivity (Wildman–Crippen MR) is 88.0 cm³/mol. The van der Waals surface area contributed by atoms with Crippen LogP contribution >= 0.6 is 0 Å². The molecule has 0 unspecified atom stereocenters. The minimum Gasteiger partial charge on any atom is -0.474 e. The number of hydrogen-bond acceptors (Lipinski definition) is 3. The van der Waals surface area contributed by atoms with Crippen molar-refractivity contribution >= 4 is 16.5 Å². The molecule has 3 heteroatoms. The minimum atomic E-state index is 0.338. The first kappa shape index (κ1) is 14.2. The summed E-state index contributed by atoms with van der Waals surface area (Å²) in [6.07, 6.45) is 8.39. The lowest BCUT2D eigenvalue weighted by molar-refractivity contribution is 0.151. The number of rotatable bonds is 4. The maximum Gasteiger partial charge on any atom is 0.221 e. The highest BCUT2D eigenvalue weighted by molar-refractivity contribution is 5.89. The molecule has 0 aliphatic heterocycles. The second-order valence-corrected chi connectivity index (χ2v) is 6.23. The van der Waals surface area contributed by atoms with Gasteiger partial charge in [0.1, 0.15) is 6.10 Å². The fraction of sp³-hybridized carbons (Fsp3) is 0.500. The van der Waals surface area contributed by atoms with Crippen molar-refractivity contribution in [2.24, 2.45) is 0 Å². The fourth-order valence-corrected chi connectivity index (χ4v) is 3.01. The Hall–Kier alpha value is -1.77. The van der Waals surface area contributed by atoms with Crippen LogP contribution in [0.1, 0.15) is 46.0 Å². The number of fused-ring (bicyclic) bond motifs is 1. The van der Waals surface area contributed by atoms with E-state index in [1.807, 2.05) is 6.20 Å². The molecule has 1 aliphatic carbocycles. The van der Waals surface area contributed by atoms with Crippen LogP contribution in [-0.2, 0) is 0 Å². The molecule has 1 aliphatic rings. The van der Waals surface area contributed by atoms with Crippen molar-refractivity contribution in [2.45, 2.75) is 58.1 Å². The van der Waals surface area contributed by atoms with Crippen LogP contribution in [-0.4, -0.2) is 17.1 Å². The van der Waals surface area contributed by atoms with Crippen molar-refractivity contribution in [3.8, 4) is 5.88 Å². The third-order valence-electron chi connectivity index (χ3n) is 4.01. The van der Waals surface area contributed by atoms with E-state index in [1.54, 1.807) is 0 Å². The Kier molecular flexibility index (Phi) is 4.28. The van der Waals surface area contributed by atoms with Crippen LogP contribution in [0.3, 0.4) is 0 Å². The summed E-state index contributed by atoms with van der Waals surface area (Å²) in [6, 6.07) is 8.88. The van der Waals surface area contributed by atoms with Gasteiger partial charge < -0.3 is 10.1 Å². The summed E-state index contributed by atoms with van der Waals surface area (Å²) in [4.78, 5) is 4.45. The molecule has 0 spiro atoms. The second-order valence-electron chi connectivity index (χ2n) is 6.23. The zero-order valence-corrected chi connectivity index (χ0v) is 12.9. The third kappa shape index (κ3) is 3.46. The topological polar surface area (TPSA) is 34.1 Å². The maximum absolute atomic E-state index is 6.16. The largest absolute Gasteiger partial charge is 0.474 e. The number of aromatic nitrogens is 1. The normalized spacial score (nSPS) is 16.3. The lowest BCUT2D eigenvalue weighted by Crippen LogP contribution is -2.20. The smallest absolute Gasteiger partial charge is 0.221 e. The Bertz CT molecular complexity index is 603. The van der Waals surface area contributed by atoms with Crippen LogP contribution in [0.4, 0.5) is 5.69 Å². The van der Waals surface area contributed by atoms with Gasteiger partial charge in [-0.25, -0.2) is 4.98 Å². The van der Waals surface area contributed by atoms with E-state index in [9.17, 15) is 0 Å². The van der Waals surface area contributed by atoms with Crippen LogP contribution in [0.5, 0.6) is 5.88 Å². The van der Waals surface area contributed by atoms with Gasteiger partial charge in [0.25, 0.3) is 0 Å². The quantitative estimate of drug-likeness (QED) is 0.878. The van der Waals surface area contributed by atoms with E-state index < -0.39 is 0 Å². The monoisotopic (exact) mass is 284 g/mol. The first-order valence-electron chi connectivity index (χ1n) is 8.04. The van der Waals surface area contributed by atoms with Gasteiger partial charge in [-0.1, -0.05) is 6.42 Å². The highest BCUT2D eigenvalue weighted by Gasteiger charge is 2.16. The molecule has 2 aromatic rings. The lowest BCUT2D eigenvalue weighted by Gasteiger charge is -2.23. The van der Waals surface area contributed by atoms with E-state index in [1.165, 1.54) is 24.6 Å². The molecule has 1 heterocycles. The molecular weight excluding hydrogens is 260 g/mol. The Balaban J connectivity index is 1.85. The summed E-state index contributed by atoms with van der Waals surface area (Å²) in [5.41, 5.74) is 1.15. The van der Waals surface area contributed by atoms with E-state index in [2.05, 4.69) is 48.4 Å². The average Bonchev–Trinajstić information content (AvgIpc) is 2.48. The summed E-state index contributed by atoms with van der Waals surface area (Å²) in [6.45, 7) is 4.29. The lowest BCUT2D eigenvalue weighted by atomic mass is 9.98.